The normalized spacial score (nSPS) is 14.8. The molecular formula is C32H31N7O4. The number of benzene rings is 3. The Balaban J connectivity index is 1.28. The Morgan fingerprint density at radius 2 is 1.77 bits per heavy atom. The van der Waals surface area contributed by atoms with Crippen molar-refractivity contribution in [2.75, 3.05) is 24.6 Å². The van der Waals surface area contributed by atoms with Crippen molar-refractivity contribution in [3.05, 3.63) is 113 Å². The molecule has 0 aliphatic heterocycles. The highest BCUT2D eigenvalue weighted by Gasteiger charge is 2.29. The second-order valence-corrected chi connectivity index (χ2v) is 10.7. The van der Waals surface area contributed by atoms with Gasteiger partial charge in [-0.1, -0.05) is 24.3 Å². The fourth-order valence-corrected chi connectivity index (χ4v) is 5.16. The second kappa shape index (κ2) is 11.6. The highest BCUT2D eigenvalue weighted by Crippen LogP contribution is 2.29. The molecule has 0 spiro atoms. The van der Waals surface area contributed by atoms with E-state index in [9.17, 15) is 14.8 Å². The molecule has 11 heteroatoms. The third-order valence-corrected chi connectivity index (χ3v) is 7.68. The summed E-state index contributed by atoms with van der Waals surface area (Å²) in [6.45, 7) is 0.230. The molecule has 0 bridgehead atoms. The molecule has 5 aromatic rings. The number of carbonyl (C=O) groups excluding carboxylic acids is 1. The minimum absolute atomic E-state index is 0.100. The molecule has 1 aliphatic rings. The van der Waals surface area contributed by atoms with Crippen LogP contribution in [-0.2, 0) is 4.79 Å². The number of anilines is 2. The SMILES string of the molecule is C[N+]([O-])(C/C=C/C(=O)Nc1cccc(-n2c(=O)n(-c3ccc(Oc4ccccc4)cc3)c3c(N)ncnc32)c1)C1CCC1. The summed E-state index contributed by atoms with van der Waals surface area (Å²) >= 11 is 0. The molecule has 6 rings (SSSR count). The molecule has 1 amide bonds. The quantitative estimate of drug-likeness (QED) is 0.144. The Kier molecular flexibility index (Phi) is 7.49. The van der Waals surface area contributed by atoms with Gasteiger partial charge in [0.05, 0.1) is 31.0 Å². The Morgan fingerprint density at radius 1 is 1.02 bits per heavy atom. The van der Waals surface area contributed by atoms with E-state index in [1.54, 1.807) is 61.7 Å². The number of nitrogens with zero attached hydrogens (tertiary/aromatic N) is 5. The Labute approximate surface area is 247 Å². The predicted octanol–water partition coefficient (Wildman–Crippen LogP) is 4.94. The zero-order valence-corrected chi connectivity index (χ0v) is 23.6. The number of hydrogen-bond donors (Lipinski definition) is 2. The van der Waals surface area contributed by atoms with Crippen LogP contribution in [0, 0.1) is 5.21 Å². The molecule has 2 heterocycles. The number of hydrogen-bond acceptors (Lipinski definition) is 7. The van der Waals surface area contributed by atoms with E-state index in [1.807, 2.05) is 30.3 Å². The Hall–Kier alpha value is -5.26. The second-order valence-electron chi connectivity index (χ2n) is 10.7. The molecule has 1 saturated carbocycles. The molecule has 3 aromatic carbocycles. The largest absolute Gasteiger partial charge is 0.633 e. The van der Waals surface area contributed by atoms with E-state index in [0.717, 1.165) is 19.3 Å². The molecule has 11 nitrogen and oxygen atoms in total. The van der Waals surface area contributed by atoms with E-state index in [4.69, 9.17) is 10.5 Å². The predicted molar refractivity (Wildman–Crippen MR) is 165 cm³/mol. The summed E-state index contributed by atoms with van der Waals surface area (Å²) in [4.78, 5) is 35.0. The molecule has 1 fully saturated rings. The number of nitrogens with one attached hydrogen (secondary N) is 1. The maximum atomic E-state index is 13.9. The number of nitrogens with two attached hydrogens (primary N) is 1. The number of nitrogen functional groups attached to an aromatic ring is 1. The summed E-state index contributed by atoms with van der Waals surface area (Å²) in [6, 6.07) is 23.4. The minimum Gasteiger partial charge on any atom is -0.633 e. The Bertz CT molecular complexity index is 1860. The van der Waals surface area contributed by atoms with E-state index >= 15 is 0 Å². The van der Waals surface area contributed by atoms with E-state index in [0.29, 0.717) is 39.7 Å². The lowest BCUT2D eigenvalue weighted by Crippen LogP contribution is -2.50. The highest BCUT2D eigenvalue weighted by molar-refractivity contribution is 5.99. The van der Waals surface area contributed by atoms with Gasteiger partial charge in [-0.05, 0) is 79.9 Å². The van der Waals surface area contributed by atoms with E-state index in [1.165, 1.54) is 21.5 Å². The first-order valence-corrected chi connectivity index (χ1v) is 14.0. The molecule has 0 radical (unpaired) electrons. The molecule has 1 aliphatic carbocycles. The number of imidazole rings is 1. The third kappa shape index (κ3) is 5.76. The van der Waals surface area contributed by atoms with Crippen molar-refractivity contribution in [1.82, 2.24) is 19.1 Å². The number of ether oxygens (including phenoxy) is 1. The van der Waals surface area contributed by atoms with Gasteiger partial charge in [-0.25, -0.2) is 19.3 Å². The van der Waals surface area contributed by atoms with Crippen LogP contribution in [0.1, 0.15) is 19.3 Å². The zero-order valence-electron chi connectivity index (χ0n) is 23.6. The van der Waals surface area contributed by atoms with Gasteiger partial charge < -0.3 is 25.6 Å². The molecule has 0 saturated heterocycles. The van der Waals surface area contributed by atoms with Crippen LogP contribution in [0.3, 0.4) is 0 Å². The van der Waals surface area contributed by atoms with E-state index in [2.05, 4.69) is 15.3 Å². The fraction of sp³-hybridized carbons (Fsp3) is 0.188. The highest BCUT2D eigenvalue weighted by atomic mass is 16.5. The third-order valence-electron chi connectivity index (χ3n) is 7.68. The lowest BCUT2D eigenvalue weighted by Gasteiger charge is -2.48. The first-order valence-electron chi connectivity index (χ1n) is 14.0. The van der Waals surface area contributed by atoms with Crippen LogP contribution in [0.2, 0.25) is 0 Å². The topological polar surface area (TPSA) is 140 Å². The number of para-hydroxylation sites is 1. The number of quaternary nitrogens is 1. The van der Waals surface area contributed by atoms with Crippen molar-refractivity contribution in [1.29, 1.82) is 0 Å². The monoisotopic (exact) mass is 577 g/mol. The van der Waals surface area contributed by atoms with Gasteiger partial charge in [0.15, 0.2) is 11.5 Å². The maximum absolute atomic E-state index is 13.9. The first kappa shape index (κ1) is 27.9. The number of fused-ring (bicyclic) bond motifs is 1. The molecule has 1 atom stereocenters. The molecule has 3 N–H and O–H groups in total. The van der Waals surface area contributed by atoms with Crippen LogP contribution in [0.25, 0.3) is 22.5 Å². The number of aromatic nitrogens is 4. The number of amides is 1. The maximum Gasteiger partial charge on any atom is 0.339 e. The van der Waals surface area contributed by atoms with Crippen LogP contribution in [0.5, 0.6) is 11.5 Å². The lowest BCUT2D eigenvalue weighted by molar-refractivity contribution is -0.886. The first-order chi connectivity index (χ1) is 20.8. The van der Waals surface area contributed by atoms with E-state index < -0.39 is 5.69 Å². The van der Waals surface area contributed by atoms with Crippen molar-refractivity contribution >= 4 is 28.6 Å². The van der Waals surface area contributed by atoms with Crippen LogP contribution in [0.4, 0.5) is 11.5 Å². The number of carbonyl (C=O) groups is 1. The van der Waals surface area contributed by atoms with Gasteiger partial charge in [-0.3, -0.25) is 9.36 Å². The van der Waals surface area contributed by atoms with Gasteiger partial charge in [0.25, 0.3) is 0 Å². The fourth-order valence-electron chi connectivity index (χ4n) is 5.16. The lowest BCUT2D eigenvalue weighted by atomic mass is 9.91. The number of hydroxylamine groups is 3. The molecule has 218 valence electrons. The molecule has 2 aromatic heterocycles. The van der Waals surface area contributed by atoms with Crippen molar-refractivity contribution < 1.29 is 14.2 Å². The molecule has 43 heavy (non-hydrogen) atoms. The summed E-state index contributed by atoms with van der Waals surface area (Å²) in [5, 5.41) is 15.5. The van der Waals surface area contributed by atoms with Crippen LogP contribution >= 0.6 is 0 Å². The number of rotatable bonds is 9. The van der Waals surface area contributed by atoms with Crippen molar-refractivity contribution in [2.24, 2.45) is 0 Å². The molecule has 1 unspecified atom stereocenters. The standard InChI is InChI=1S/C32H31N7O4/c1-39(42,25-10-6-11-25)19-7-14-28(40)36-22-8-5-9-24(20-22)38-31-29(30(33)34-21-35-31)37(32(38)41)23-15-17-27(18-16-23)43-26-12-3-2-4-13-26/h2-5,7-9,12-18,20-21,25H,6,10-11,19H2,1H3,(H,36,40)(H2,33,34,35)/b14-7+. The number of likely N-dealkylation sites (N-methyl/N-ethyl adjacent to an activating group) is 1. The van der Waals surface area contributed by atoms with Gasteiger partial charge in [-0.2, -0.15) is 0 Å². The average molecular weight is 578 g/mol. The van der Waals surface area contributed by atoms with E-state index in [-0.39, 0.29) is 29.0 Å². The van der Waals surface area contributed by atoms with Crippen molar-refractivity contribution in [3.8, 4) is 22.9 Å². The summed E-state index contributed by atoms with van der Waals surface area (Å²) in [5.41, 5.74) is 8.01. The molecular weight excluding hydrogens is 546 g/mol. The van der Waals surface area contributed by atoms with Crippen molar-refractivity contribution in [2.45, 2.75) is 25.3 Å². The van der Waals surface area contributed by atoms with Gasteiger partial charge >= 0.3 is 5.69 Å². The minimum atomic E-state index is -0.411. The van der Waals surface area contributed by atoms with Crippen LogP contribution in [-0.4, -0.2) is 49.3 Å². The summed E-state index contributed by atoms with van der Waals surface area (Å²) in [5.74, 6) is 1.08. The summed E-state index contributed by atoms with van der Waals surface area (Å²) in [7, 11) is 1.65. The smallest absolute Gasteiger partial charge is 0.339 e. The van der Waals surface area contributed by atoms with Crippen LogP contribution in [0.15, 0.2) is 102 Å². The Morgan fingerprint density at radius 3 is 2.49 bits per heavy atom. The average Bonchev–Trinajstić information content (AvgIpc) is 3.25. The summed E-state index contributed by atoms with van der Waals surface area (Å²) < 4.78 is 8.39. The van der Waals surface area contributed by atoms with Gasteiger partial charge in [0.2, 0.25) is 5.91 Å². The van der Waals surface area contributed by atoms with Gasteiger partial charge in [-0.15, -0.1) is 0 Å². The van der Waals surface area contributed by atoms with Gasteiger partial charge in [0.1, 0.15) is 23.3 Å². The van der Waals surface area contributed by atoms with Crippen LogP contribution < -0.4 is 21.5 Å². The summed E-state index contributed by atoms with van der Waals surface area (Å²) in [6.07, 6.45) is 7.21. The zero-order chi connectivity index (χ0) is 30.0. The van der Waals surface area contributed by atoms with Gasteiger partial charge in [0, 0.05) is 11.8 Å². The van der Waals surface area contributed by atoms with Crippen molar-refractivity contribution in [3.63, 3.8) is 0 Å².